The van der Waals surface area contributed by atoms with E-state index in [-0.39, 0.29) is 29.8 Å². The van der Waals surface area contributed by atoms with Gasteiger partial charge in [0.1, 0.15) is 12.4 Å². The van der Waals surface area contributed by atoms with Crippen molar-refractivity contribution in [3.8, 4) is 5.75 Å². The van der Waals surface area contributed by atoms with E-state index in [1.54, 1.807) is 42.5 Å². The van der Waals surface area contributed by atoms with Crippen LogP contribution in [0.5, 0.6) is 5.75 Å². The zero-order valence-corrected chi connectivity index (χ0v) is 18.3. The van der Waals surface area contributed by atoms with Crippen LogP contribution in [0.1, 0.15) is 24.5 Å². The van der Waals surface area contributed by atoms with Gasteiger partial charge in [-0.15, -0.1) is 0 Å². The van der Waals surface area contributed by atoms with Crippen LogP contribution < -0.4 is 15.0 Å². The smallest absolute Gasteiger partial charge is 0.294 e. The molecule has 0 fully saturated rings. The zero-order chi connectivity index (χ0) is 23.2. The van der Waals surface area contributed by atoms with E-state index < -0.39 is 11.7 Å². The topological polar surface area (TPSA) is 58.6 Å². The van der Waals surface area contributed by atoms with Gasteiger partial charge in [0.25, 0.3) is 5.91 Å². The van der Waals surface area contributed by atoms with E-state index in [9.17, 15) is 14.0 Å². The fraction of sp³-hybridized carbons (Fsp3) is 0.185. The third-order valence-corrected chi connectivity index (χ3v) is 5.44. The Kier molecular flexibility index (Phi) is 6.83. The van der Waals surface area contributed by atoms with E-state index >= 15 is 0 Å². The summed E-state index contributed by atoms with van der Waals surface area (Å²) >= 11 is 0. The number of carbonyl (C=O) groups excluding carboxylic acids is 2. The van der Waals surface area contributed by atoms with Crippen LogP contribution in [0.3, 0.4) is 0 Å². The highest BCUT2D eigenvalue weighted by Gasteiger charge is 2.32. The first kappa shape index (κ1) is 22.3. The Morgan fingerprint density at radius 3 is 2.52 bits per heavy atom. The standard InChI is InChI=1S/C27H25FN2O3/c1-19(15-16-20-9-3-2-4-10-20)29-26(31)18-30-23-13-7-8-14-24(23)33-25(27(30)32)17-21-11-5-6-12-22(21)28/h2-14,17,19H,15-16,18H2,1H3,(H,29,31)/b25-17+. The van der Waals surface area contributed by atoms with Gasteiger partial charge in [-0.3, -0.25) is 14.5 Å². The molecule has 0 saturated heterocycles. The molecule has 1 aliphatic heterocycles. The number of anilines is 1. The van der Waals surface area contributed by atoms with Crippen LogP contribution in [0.4, 0.5) is 10.1 Å². The van der Waals surface area contributed by atoms with Crippen LogP contribution >= 0.6 is 0 Å². The van der Waals surface area contributed by atoms with Crippen molar-refractivity contribution in [1.82, 2.24) is 5.32 Å². The Labute approximate surface area is 192 Å². The molecule has 2 amide bonds. The number of para-hydroxylation sites is 2. The molecule has 1 unspecified atom stereocenters. The lowest BCUT2D eigenvalue weighted by atomic mass is 10.1. The van der Waals surface area contributed by atoms with Crippen LogP contribution in [-0.2, 0) is 16.0 Å². The average Bonchev–Trinajstić information content (AvgIpc) is 2.82. The molecule has 6 heteroatoms. The number of nitrogens with one attached hydrogen (secondary N) is 1. The highest BCUT2D eigenvalue weighted by molar-refractivity contribution is 6.12. The lowest BCUT2D eigenvalue weighted by Gasteiger charge is -2.30. The monoisotopic (exact) mass is 444 g/mol. The van der Waals surface area contributed by atoms with Crippen molar-refractivity contribution in [2.75, 3.05) is 11.4 Å². The van der Waals surface area contributed by atoms with Gasteiger partial charge in [0.05, 0.1) is 5.69 Å². The molecule has 1 N–H and O–H groups in total. The quantitative estimate of drug-likeness (QED) is 0.536. The zero-order valence-electron chi connectivity index (χ0n) is 18.3. The maximum Gasteiger partial charge on any atom is 0.294 e. The molecular weight excluding hydrogens is 419 g/mol. The van der Waals surface area contributed by atoms with Crippen molar-refractivity contribution in [3.63, 3.8) is 0 Å². The highest BCUT2D eigenvalue weighted by Crippen LogP contribution is 2.35. The van der Waals surface area contributed by atoms with Crippen molar-refractivity contribution in [1.29, 1.82) is 0 Å². The molecule has 0 saturated carbocycles. The van der Waals surface area contributed by atoms with Crippen LogP contribution in [0.15, 0.2) is 84.6 Å². The summed E-state index contributed by atoms with van der Waals surface area (Å²) in [5, 5.41) is 2.97. The normalized spacial score (nSPS) is 15.0. The number of fused-ring (bicyclic) bond motifs is 1. The number of nitrogens with zero attached hydrogens (tertiary/aromatic N) is 1. The molecule has 5 nitrogen and oxygen atoms in total. The number of aryl methyl sites for hydroxylation is 1. The Hall–Kier alpha value is -3.93. The van der Waals surface area contributed by atoms with Gasteiger partial charge in [0, 0.05) is 11.6 Å². The van der Waals surface area contributed by atoms with Gasteiger partial charge in [-0.2, -0.15) is 0 Å². The predicted octanol–water partition coefficient (Wildman–Crippen LogP) is 4.73. The van der Waals surface area contributed by atoms with E-state index in [0.29, 0.717) is 11.4 Å². The Balaban J connectivity index is 1.48. The van der Waals surface area contributed by atoms with E-state index in [2.05, 4.69) is 17.4 Å². The lowest BCUT2D eigenvalue weighted by molar-refractivity contribution is -0.123. The van der Waals surface area contributed by atoms with E-state index in [1.165, 1.54) is 22.6 Å². The summed E-state index contributed by atoms with van der Waals surface area (Å²) < 4.78 is 19.9. The molecule has 0 radical (unpaired) electrons. The van der Waals surface area contributed by atoms with Gasteiger partial charge >= 0.3 is 0 Å². The van der Waals surface area contributed by atoms with E-state index in [1.807, 2.05) is 25.1 Å². The second-order valence-corrected chi connectivity index (χ2v) is 7.98. The number of rotatable bonds is 7. The lowest BCUT2D eigenvalue weighted by Crippen LogP contribution is -2.46. The Morgan fingerprint density at radius 2 is 1.73 bits per heavy atom. The number of hydrogen-bond donors (Lipinski definition) is 1. The molecule has 0 bridgehead atoms. The highest BCUT2D eigenvalue weighted by atomic mass is 19.1. The maximum atomic E-state index is 14.1. The summed E-state index contributed by atoms with van der Waals surface area (Å²) in [4.78, 5) is 27.3. The van der Waals surface area contributed by atoms with Crippen molar-refractivity contribution in [2.45, 2.75) is 25.8 Å². The summed E-state index contributed by atoms with van der Waals surface area (Å²) in [6.07, 6.45) is 2.99. The van der Waals surface area contributed by atoms with Crippen molar-refractivity contribution < 1.29 is 18.7 Å². The first-order chi connectivity index (χ1) is 16.0. The maximum absolute atomic E-state index is 14.1. The Morgan fingerprint density at radius 1 is 1.03 bits per heavy atom. The largest absolute Gasteiger partial charge is 0.449 e. The van der Waals surface area contributed by atoms with Crippen LogP contribution in [0, 0.1) is 5.82 Å². The first-order valence-corrected chi connectivity index (χ1v) is 10.9. The summed E-state index contributed by atoms with van der Waals surface area (Å²) in [5.41, 5.74) is 1.94. The number of benzene rings is 3. The fourth-order valence-corrected chi connectivity index (χ4v) is 3.72. The molecule has 3 aromatic rings. The SMILES string of the molecule is CC(CCc1ccccc1)NC(=O)CN1C(=O)/C(=C\c2ccccc2F)Oc2ccccc21. The minimum Gasteiger partial charge on any atom is -0.449 e. The van der Waals surface area contributed by atoms with E-state index in [0.717, 1.165) is 12.8 Å². The minimum atomic E-state index is -0.496. The fourth-order valence-electron chi connectivity index (χ4n) is 3.72. The number of halogens is 1. The van der Waals surface area contributed by atoms with Crippen LogP contribution in [0.25, 0.3) is 6.08 Å². The van der Waals surface area contributed by atoms with Gasteiger partial charge in [0.15, 0.2) is 11.5 Å². The number of hydrogen-bond acceptors (Lipinski definition) is 3. The van der Waals surface area contributed by atoms with Crippen molar-refractivity contribution >= 4 is 23.6 Å². The van der Waals surface area contributed by atoms with Gasteiger partial charge in [-0.1, -0.05) is 60.7 Å². The van der Waals surface area contributed by atoms with E-state index in [4.69, 9.17) is 4.74 Å². The molecule has 4 rings (SSSR count). The molecule has 0 spiro atoms. The third-order valence-electron chi connectivity index (χ3n) is 5.44. The predicted molar refractivity (Wildman–Crippen MR) is 126 cm³/mol. The molecule has 168 valence electrons. The van der Waals surface area contributed by atoms with Crippen molar-refractivity contribution in [2.24, 2.45) is 0 Å². The number of amides is 2. The number of ether oxygens (including phenoxy) is 1. The van der Waals surface area contributed by atoms with Gasteiger partial charge in [-0.25, -0.2) is 4.39 Å². The molecule has 0 aliphatic carbocycles. The molecule has 33 heavy (non-hydrogen) atoms. The molecule has 1 atom stereocenters. The average molecular weight is 445 g/mol. The molecule has 3 aromatic carbocycles. The second kappa shape index (κ2) is 10.1. The van der Waals surface area contributed by atoms with Gasteiger partial charge < -0.3 is 10.1 Å². The number of carbonyl (C=O) groups is 2. The molecule has 1 aliphatic rings. The minimum absolute atomic E-state index is 0.0382. The van der Waals surface area contributed by atoms with Gasteiger partial charge in [-0.05, 0) is 49.6 Å². The van der Waals surface area contributed by atoms with Crippen LogP contribution in [-0.4, -0.2) is 24.4 Å². The van der Waals surface area contributed by atoms with Crippen LogP contribution in [0.2, 0.25) is 0 Å². The summed E-state index contributed by atoms with van der Waals surface area (Å²) in [5.74, 6) is -0.833. The Bertz CT molecular complexity index is 1180. The van der Waals surface area contributed by atoms with Gasteiger partial charge in [0.2, 0.25) is 5.91 Å². The van der Waals surface area contributed by atoms with Crippen molar-refractivity contribution in [3.05, 3.63) is 102 Å². The first-order valence-electron chi connectivity index (χ1n) is 10.9. The molecular formula is C27H25FN2O3. The molecule has 0 aromatic heterocycles. The second-order valence-electron chi connectivity index (χ2n) is 7.98. The summed E-state index contributed by atoms with van der Waals surface area (Å²) in [7, 11) is 0. The summed E-state index contributed by atoms with van der Waals surface area (Å²) in [6, 6.07) is 23.1. The third kappa shape index (κ3) is 5.47. The molecule has 1 heterocycles. The summed E-state index contributed by atoms with van der Waals surface area (Å²) in [6.45, 7) is 1.78.